The van der Waals surface area contributed by atoms with E-state index >= 15 is 0 Å². The Labute approximate surface area is 152 Å². The SMILES string of the molecule is Cn1cc(NC(=O)CN2CCC[C@@H](c3nc4ccccc4n3C)C2)cn1. The minimum absolute atomic E-state index is 0.00338. The number of aromatic nitrogens is 4. The molecule has 7 heteroatoms. The fourth-order valence-electron chi connectivity index (χ4n) is 3.83. The van der Waals surface area contributed by atoms with Gasteiger partial charge in [0, 0.05) is 32.8 Å². The van der Waals surface area contributed by atoms with Crippen molar-refractivity contribution < 1.29 is 4.79 Å². The van der Waals surface area contributed by atoms with E-state index in [4.69, 9.17) is 4.98 Å². The van der Waals surface area contributed by atoms with Crippen LogP contribution < -0.4 is 5.32 Å². The smallest absolute Gasteiger partial charge is 0.238 e. The quantitative estimate of drug-likeness (QED) is 0.781. The standard InChI is InChI=1S/C19H24N6O/c1-23-12-15(10-20-23)21-18(26)13-25-9-5-6-14(11-25)19-22-16-7-3-4-8-17(16)24(19)2/h3-4,7-8,10,12,14H,5-6,9,11,13H2,1-2H3,(H,21,26)/t14-/m1/s1. The van der Waals surface area contributed by atoms with Gasteiger partial charge < -0.3 is 9.88 Å². The first-order valence-corrected chi connectivity index (χ1v) is 9.02. The molecule has 7 nitrogen and oxygen atoms in total. The molecule has 1 amide bonds. The number of nitrogens with one attached hydrogen (secondary N) is 1. The summed E-state index contributed by atoms with van der Waals surface area (Å²) in [7, 11) is 3.92. The second kappa shape index (κ2) is 6.92. The van der Waals surface area contributed by atoms with Crippen molar-refractivity contribution in [2.75, 3.05) is 25.0 Å². The van der Waals surface area contributed by atoms with Crippen molar-refractivity contribution >= 4 is 22.6 Å². The molecule has 26 heavy (non-hydrogen) atoms. The maximum Gasteiger partial charge on any atom is 0.238 e. The first-order valence-electron chi connectivity index (χ1n) is 9.02. The van der Waals surface area contributed by atoms with Crippen molar-refractivity contribution in [1.82, 2.24) is 24.2 Å². The van der Waals surface area contributed by atoms with Crippen molar-refractivity contribution in [3.05, 3.63) is 42.5 Å². The number of amides is 1. The maximum absolute atomic E-state index is 12.3. The van der Waals surface area contributed by atoms with Crippen LogP contribution in [-0.2, 0) is 18.9 Å². The van der Waals surface area contributed by atoms with E-state index in [1.54, 1.807) is 17.1 Å². The molecule has 1 N–H and O–H groups in total. The van der Waals surface area contributed by atoms with E-state index in [9.17, 15) is 4.79 Å². The average Bonchev–Trinajstić information content (AvgIpc) is 3.19. The largest absolute Gasteiger partial charge is 0.331 e. The molecule has 0 spiro atoms. The van der Waals surface area contributed by atoms with E-state index in [-0.39, 0.29) is 5.91 Å². The van der Waals surface area contributed by atoms with Crippen LogP contribution in [0, 0.1) is 0 Å². The zero-order valence-electron chi connectivity index (χ0n) is 15.2. The molecule has 0 unspecified atom stereocenters. The highest BCUT2D eigenvalue weighted by molar-refractivity contribution is 5.92. The molecule has 136 valence electrons. The molecule has 1 saturated heterocycles. The summed E-state index contributed by atoms with van der Waals surface area (Å²) in [6.45, 7) is 2.20. The Morgan fingerprint density at radius 2 is 2.15 bits per heavy atom. The Bertz CT molecular complexity index is 927. The van der Waals surface area contributed by atoms with Gasteiger partial charge in [-0.2, -0.15) is 5.10 Å². The van der Waals surface area contributed by atoms with Crippen molar-refractivity contribution in [2.24, 2.45) is 14.1 Å². The van der Waals surface area contributed by atoms with Crippen LogP contribution in [0.15, 0.2) is 36.7 Å². The van der Waals surface area contributed by atoms with Crippen LogP contribution in [0.5, 0.6) is 0 Å². The number of hydrogen-bond donors (Lipinski definition) is 1. The number of imidazole rings is 1. The van der Waals surface area contributed by atoms with Crippen LogP contribution in [0.2, 0.25) is 0 Å². The van der Waals surface area contributed by atoms with Gasteiger partial charge in [-0.25, -0.2) is 4.98 Å². The van der Waals surface area contributed by atoms with Crippen molar-refractivity contribution in [1.29, 1.82) is 0 Å². The third-order valence-corrected chi connectivity index (χ3v) is 5.05. The molecule has 0 aliphatic carbocycles. The number of benzene rings is 1. The van der Waals surface area contributed by atoms with Crippen LogP contribution in [-0.4, -0.2) is 49.8 Å². The maximum atomic E-state index is 12.3. The minimum Gasteiger partial charge on any atom is -0.331 e. The number of carbonyl (C=O) groups is 1. The Balaban J connectivity index is 1.43. The van der Waals surface area contributed by atoms with Gasteiger partial charge in [0.05, 0.1) is 29.5 Å². The second-order valence-corrected chi connectivity index (χ2v) is 7.04. The van der Waals surface area contributed by atoms with Crippen LogP contribution in [0.4, 0.5) is 5.69 Å². The Morgan fingerprint density at radius 3 is 2.92 bits per heavy atom. The summed E-state index contributed by atoms with van der Waals surface area (Å²) in [5.41, 5.74) is 2.94. The van der Waals surface area contributed by atoms with Gasteiger partial charge in [0.25, 0.3) is 0 Å². The molecule has 1 aliphatic heterocycles. The summed E-state index contributed by atoms with van der Waals surface area (Å²) in [5.74, 6) is 1.47. The fourth-order valence-corrected chi connectivity index (χ4v) is 3.83. The lowest BCUT2D eigenvalue weighted by molar-refractivity contribution is -0.117. The van der Waals surface area contributed by atoms with Crippen LogP contribution in [0.3, 0.4) is 0 Å². The van der Waals surface area contributed by atoms with E-state index in [1.165, 1.54) is 0 Å². The highest BCUT2D eigenvalue weighted by atomic mass is 16.2. The van der Waals surface area contributed by atoms with Crippen LogP contribution >= 0.6 is 0 Å². The first kappa shape index (κ1) is 16.8. The lowest BCUT2D eigenvalue weighted by atomic mass is 9.97. The average molecular weight is 352 g/mol. The fraction of sp³-hybridized carbons (Fsp3) is 0.421. The lowest BCUT2D eigenvalue weighted by Crippen LogP contribution is -2.40. The zero-order valence-corrected chi connectivity index (χ0v) is 15.2. The number of para-hydroxylation sites is 2. The Morgan fingerprint density at radius 1 is 1.31 bits per heavy atom. The third kappa shape index (κ3) is 3.35. The molecule has 0 bridgehead atoms. The summed E-state index contributed by atoms with van der Waals surface area (Å²) < 4.78 is 3.87. The van der Waals surface area contributed by atoms with Gasteiger partial charge >= 0.3 is 0 Å². The topological polar surface area (TPSA) is 68.0 Å². The molecule has 0 radical (unpaired) electrons. The molecule has 0 saturated carbocycles. The second-order valence-electron chi connectivity index (χ2n) is 7.04. The van der Waals surface area contributed by atoms with Gasteiger partial charge in [0.15, 0.2) is 0 Å². The summed E-state index contributed by atoms with van der Waals surface area (Å²) >= 11 is 0. The van der Waals surface area contributed by atoms with E-state index in [0.29, 0.717) is 12.5 Å². The Kier molecular flexibility index (Phi) is 4.46. The molecule has 2 aromatic heterocycles. The van der Waals surface area contributed by atoms with E-state index in [0.717, 1.165) is 48.5 Å². The number of likely N-dealkylation sites (tertiary alicyclic amines) is 1. The number of rotatable bonds is 4. The number of hydrogen-bond acceptors (Lipinski definition) is 4. The number of carbonyl (C=O) groups excluding carboxylic acids is 1. The molecule has 3 aromatic rings. The van der Waals surface area contributed by atoms with Gasteiger partial charge in [-0.3, -0.25) is 14.4 Å². The van der Waals surface area contributed by atoms with Gasteiger partial charge in [0.2, 0.25) is 5.91 Å². The van der Waals surface area contributed by atoms with E-state index < -0.39 is 0 Å². The lowest BCUT2D eigenvalue weighted by Gasteiger charge is -2.31. The highest BCUT2D eigenvalue weighted by Gasteiger charge is 2.26. The monoisotopic (exact) mass is 352 g/mol. The molecular weight excluding hydrogens is 328 g/mol. The molecule has 4 rings (SSSR count). The first-order chi connectivity index (χ1) is 12.6. The number of aryl methyl sites for hydroxylation is 2. The summed E-state index contributed by atoms with van der Waals surface area (Å²) in [6.07, 6.45) is 5.65. The number of anilines is 1. The molecule has 1 aliphatic rings. The molecule has 1 fully saturated rings. The van der Waals surface area contributed by atoms with Crippen LogP contribution in [0.1, 0.15) is 24.6 Å². The van der Waals surface area contributed by atoms with E-state index in [2.05, 4.69) is 39.1 Å². The zero-order chi connectivity index (χ0) is 18.1. The predicted octanol–water partition coefficient (Wildman–Crippen LogP) is 2.12. The summed E-state index contributed by atoms with van der Waals surface area (Å²) in [6, 6.07) is 8.23. The summed E-state index contributed by atoms with van der Waals surface area (Å²) in [5, 5.41) is 6.99. The van der Waals surface area contributed by atoms with Crippen molar-refractivity contribution in [2.45, 2.75) is 18.8 Å². The highest BCUT2D eigenvalue weighted by Crippen LogP contribution is 2.28. The number of nitrogens with zero attached hydrogens (tertiary/aromatic N) is 5. The third-order valence-electron chi connectivity index (χ3n) is 5.05. The Hall–Kier alpha value is -2.67. The molecule has 3 heterocycles. The molecular formula is C19H24N6O. The van der Waals surface area contributed by atoms with Crippen molar-refractivity contribution in [3.8, 4) is 0 Å². The molecule has 1 atom stereocenters. The van der Waals surface area contributed by atoms with Crippen LogP contribution in [0.25, 0.3) is 11.0 Å². The normalized spacial score (nSPS) is 18.3. The van der Waals surface area contributed by atoms with Gasteiger partial charge in [-0.15, -0.1) is 0 Å². The van der Waals surface area contributed by atoms with E-state index in [1.807, 2.05) is 19.2 Å². The number of piperidine rings is 1. The predicted molar refractivity (Wildman–Crippen MR) is 101 cm³/mol. The van der Waals surface area contributed by atoms with Gasteiger partial charge in [0.1, 0.15) is 5.82 Å². The van der Waals surface area contributed by atoms with Crippen molar-refractivity contribution in [3.63, 3.8) is 0 Å². The minimum atomic E-state index is 0.00338. The summed E-state index contributed by atoms with van der Waals surface area (Å²) in [4.78, 5) is 19.4. The number of fused-ring (bicyclic) bond motifs is 1. The molecule has 1 aromatic carbocycles. The van der Waals surface area contributed by atoms with Gasteiger partial charge in [-0.05, 0) is 31.5 Å². The van der Waals surface area contributed by atoms with Gasteiger partial charge in [-0.1, -0.05) is 12.1 Å².